The van der Waals surface area contributed by atoms with Crippen LogP contribution < -0.4 is 15.5 Å². The first-order chi connectivity index (χ1) is 13.6. The lowest BCUT2D eigenvalue weighted by atomic mass is 10.1. The van der Waals surface area contributed by atoms with E-state index in [1.807, 2.05) is 12.1 Å². The highest BCUT2D eigenvalue weighted by atomic mass is 32.1. The number of aliphatic hydroxyl groups excluding tert-OH is 2. The molecule has 0 amide bonds. The van der Waals surface area contributed by atoms with Gasteiger partial charge in [-0.2, -0.15) is 0 Å². The van der Waals surface area contributed by atoms with Gasteiger partial charge in [-0.15, -0.1) is 0 Å². The molecule has 3 aromatic rings. The Balaban J connectivity index is 1.52. The number of aromatic nitrogens is 1. The molecular formula is C20H25N3O4S. The Morgan fingerprint density at radius 1 is 1.11 bits per heavy atom. The molecule has 8 heteroatoms. The second-order valence-corrected chi connectivity index (χ2v) is 7.57. The maximum atomic E-state index is 11.6. The summed E-state index contributed by atoms with van der Waals surface area (Å²) in [6.07, 6.45) is 0.0480. The molecule has 0 aliphatic rings. The summed E-state index contributed by atoms with van der Waals surface area (Å²) >= 11 is 0.986. The van der Waals surface area contributed by atoms with Gasteiger partial charge in [-0.05, 0) is 30.2 Å². The summed E-state index contributed by atoms with van der Waals surface area (Å²) in [7, 11) is 0. The van der Waals surface area contributed by atoms with Gasteiger partial charge in [-0.3, -0.25) is 4.79 Å². The molecule has 7 nitrogen and oxygen atoms in total. The van der Waals surface area contributed by atoms with Crippen LogP contribution in [-0.2, 0) is 13.0 Å². The van der Waals surface area contributed by atoms with E-state index in [9.17, 15) is 15.0 Å². The fraction of sp³-hybridized carbons (Fsp3) is 0.350. The van der Waals surface area contributed by atoms with Crippen LogP contribution in [0.25, 0.3) is 10.2 Å². The van der Waals surface area contributed by atoms with Gasteiger partial charge in [0.2, 0.25) is 0 Å². The number of nitrogens with one attached hydrogen (secondary N) is 3. The van der Waals surface area contributed by atoms with E-state index in [-0.39, 0.29) is 17.2 Å². The van der Waals surface area contributed by atoms with Crippen LogP contribution in [0, 0.1) is 0 Å². The molecule has 0 fully saturated rings. The molecule has 28 heavy (non-hydrogen) atoms. The molecule has 0 spiro atoms. The van der Waals surface area contributed by atoms with Crippen molar-refractivity contribution < 1.29 is 15.3 Å². The van der Waals surface area contributed by atoms with Crippen LogP contribution in [0.3, 0.4) is 0 Å². The zero-order valence-corrected chi connectivity index (χ0v) is 16.3. The van der Waals surface area contributed by atoms with Gasteiger partial charge in [0.15, 0.2) is 0 Å². The molecule has 0 saturated heterocycles. The summed E-state index contributed by atoms with van der Waals surface area (Å²) in [4.78, 5) is 13.9. The summed E-state index contributed by atoms with van der Waals surface area (Å²) in [5.41, 5.74) is 3.36. The number of aromatic hydroxyl groups is 1. The number of rotatable bonds is 10. The molecule has 6 N–H and O–H groups in total. The third kappa shape index (κ3) is 5.18. The zero-order valence-electron chi connectivity index (χ0n) is 15.4. The number of phenols is 1. The Morgan fingerprint density at radius 2 is 1.93 bits per heavy atom. The number of hydrogen-bond acceptors (Lipinski definition) is 7. The largest absolute Gasteiger partial charge is 0.506 e. The summed E-state index contributed by atoms with van der Waals surface area (Å²) in [6, 6.07) is 11.4. The predicted molar refractivity (Wildman–Crippen MR) is 111 cm³/mol. The molecule has 0 aliphatic carbocycles. The molecule has 1 atom stereocenters. The van der Waals surface area contributed by atoms with Crippen molar-refractivity contribution in [2.24, 2.45) is 0 Å². The third-order valence-electron chi connectivity index (χ3n) is 4.48. The zero-order chi connectivity index (χ0) is 19.9. The first kappa shape index (κ1) is 20.5. The lowest BCUT2D eigenvalue weighted by Gasteiger charge is -2.13. The average molecular weight is 404 g/mol. The Bertz CT molecular complexity index is 969. The highest BCUT2D eigenvalue weighted by Crippen LogP contribution is 2.31. The molecule has 1 heterocycles. The molecular weight excluding hydrogens is 378 g/mol. The maximum Gasteiger partial charge on any atom is 0.305 e. The van der Waals surface area contributed by atoms with Crippen LogP contribution >= 0.6 is 11.3 Å². The summed E-state index contributed by atoms with van der Waals surface area (Å²) in [5.74, 6) is 0.00520. The number of hydrogen-bond donors (Lipinski definition) is 6. The van der Waals surface area contributed by atoms with Crippen LogP contribution in [0.2, 0.25) is 0 Å². The summed E-state index contributed by atoms with van der Waals surface area (Å²) in [5, 5.41) is 35.6. The van der Waals surface area contributed by atoms with Crippen LogP contribution in [0.1, 0.15) is 22.8 Å². The molecule has 150 valence electrons. The highest BCUT2D eigenvalue weighted by molar-refractivity contribution is 7.16. The Labute approximate surface area is 166 Å². The number of fused-ring (bicyclic) bond motifs is 1. The van der Waals surface area contributed by atoms with E-state index in [4.69, 9.17) is 5.11 Å². The standard InChI is InChI=1S/C20H25N3O4S/c24-9-8-22-11-14-3-1-2-13(10-14)6-7-21-12-17(26)15-4-5-16(25)18-19(15)28-20(27)23-18/h1-5,10,17,21-22,24-26H,6-9,11-12H2,(H,23,27)/t17-/m0/s1. The minimum Gasteiger partial charge on any atom is -0.506 e. The monoisotopic (exact) mass is 403 g/mol. The van der Waals surface area contributed by atoms with E-state index in [1.165, 1.54) is 17.2 Å². The van der Waals surface area contributed by atoms with Gasteiger partial charge in [0.25, 0.3) is 0 Å². The van der Waals surface area contributed by atoms with Crippen molar-refractivity contribution in [3.8, 4) is 5.75 Å². The van der Waals surface area contributed by atoms with E-state index in [0.717, 1.165) is 24.3 Å². The predicted octanol–water partition coefficient (Wildman–Crippen LogP) is 1.24. The molecule has 3 rings (SSSR count). The SMILES string of the molecule is O=c1[nH]c2c(O)ccc([C@@H](O)CNCCc3cccc(CNCCO)c3)c2s1. The van der Waals surface area contributed by atoms with Gasteiger partial charge in [-0.1, -0.05) is 41.7 Å². The first-order valence-corrected chi connectivity index (χ1v) is 10.0. The van der Waals surface area contributed by atoms with Gasteiger partial charge >= 0.3 is 4.87 Å². The fourth-order valence-electron chi connectivity index (χ4n) is 3.09. The average Bonchev–Trinajstić information content (AvgIpc) is 3.08. The maximum absolute atomic E-state index is 11.6. The Kier molecular flexibility index (Phi) is 7.18. The number of phenolic OH excluding ortho intramolecular Hbond substituents is 1. The second-order valence-electron chi connectivity index (χ2n) is 6.58. The van der Waals surface area contributed by atoms with E-state index in [0.29, 0.717) is 35.4 Å². The molecule has 0 unspecified atom stereocenters. The molecule has 1 aromatic heterocycles. The van der Waals surface area contributed by atoms with E-state index < -0.39 is 6.10 Å². The minimum absolute atomic E-state index is 0.00520. The van der Waals surface area contributed by atoms with Gasteiger partial charge in [-0.25, -0.2) is 0 Å². The van der Waals surface area contributed by atoms with Gasteiger partial charge in [0, 0.05) is 25.2 Å². The van der Waals surface area contributed by atoms with Crippen molar-refractivity contribution >= 4 is 21.6 Å². The van der Waals surface area contributed by atoms with Gasteiger partial charge < -0.3 is 30.9 Å². The minimum atomic E-state index is -0.774. The number of thiazole rings is 1. The van der Waals surface area contributed by atoms with Gasteiger partial charge in [0.1, 0.15) is 11.3 Å². The molecule has 2 aromatic carbocycles. The normalized spacial score (nSPS) is 12.5. The van der Waals surface area contributed by atoms with Crippen LogP contribution in [0.15, 0.2) is 41.2 Å². The number of aromatic amines is 1. The molecule has 0 bridgehead atoms. The number of aliphatic hydroxyl groups is 2. The van der Waals surface area contributed by atoms with Crippen LogP contribution in [0.4, 0.5) is 0 Å². The Morgan fingerprint density at radius 3 is 2.75 bits per heavy atom. The number of H-pyrrole nitrogens is 1. The molecule has 0 aliphatic heterocycles. The lowest BCUT2D eigenvalue weighted by molar-refractivity contribution is 0.176. The van der Waals surface area contributed by atoms with Crippen LogP contribution in [0.5, 0.6) is 5.75 Å². The second kappa shape index (κ2) is 9.81. The van der Waals surface area contributed by atoms with Crippen molar-refractivity contribution in [3.63, 3.8) is 0 Å². The van der Waals surface area contributed by atoms with E-state index in [2.05, 4.69) is 27.8 Å². The van der Waals surface area contributed by atoms with Crippen molar-refractivity contribution in [1.82, 2.24) is 15.6 Å². The molecule has 0 saturated carbocycles. The van der Waals surface area contributed by atoms with E-state index >= 15 is 0 Å². The third-order valence-corrected chi connectivity index (χ3v) is 5.42. The molecule has 0 radical (unpaired) electrons. The van der Waals surface area contributed by atoms with E-state index in [1.54, 1.807) is 6.07 Å². The number of benzene rings is 2. The van der Waals surface area contributed by atoms with Crippen molar-refractivity contribution in [3.05, 3.63) is 62.8 Å². The quantitative estimate of drug-likeness (QED) is 0.284. The van der Waals surface area contributed by atoms with Crippen molar-refractivity contribution in [1.29, 1.82) is 0 Å². The lowest BCUT2D eigenvalue weighted by Crippen LogP contribution is -2.24. The van der Waals surface area contributed by atoms with Crippen molar-refractivity contribution in [2.75, 3.05) is 26.2 Å². The van der Waals surface area contributed by atoms with Gasteiger partial charge in [0.05, 0.1) is 17.4 Å². The highest BCUT2D eigenvalue weighted by Gasteiger charge is 2.15. The van der Waals surface area contributed by atoms with Crippen molar-refractivity contribution in [2.45, 2.75) is 19.1 Å². The van der Waals surface area contributed by atoms with Crippen LogP contribution in [-0.4, -0.2) is 46.5 Å². The first-order valence-electron chi connectivity index (χ1n) is 9.21. The summed E-state index contributed by atoms with van der Waals surface area (Å²) < 4.78 is 0.586. The Hall–Kier alpha value is -2.23. The topological polar surface area (TPSA) is 118 Å². The fourth-order valence-corrected chi connectivity index (χ4v) is 4.01. The summed E-state index contributed by atoms with van der Waals surface area (Å²) in [6.45, 7) is 2.47. The smallest absolute Gasteiger partial charge is 0.305 e.